The molecule has 0 aromatic heterocycles. The molecule has 0 radical (unpaired) electrons. The van der Waals surface area contributed by atoms with E-state index in [1.165, 1.54) is 0 Å². The number of carbonyl (C=O) groups is 2. The van der Waals surface area contributed by atoms with Crippen molar-refractivity contribution in [2.24, 2.45) is 41.1 Å². The highest BCUT2D eigenvalue weighted by atomic mass is 16.3. The summed E-state index contributed by atoms with van der Waals surface area (Å²) in [5.41, 5.74) is 10.3. The molecule has 0 heterocycles. The van der Waals surface area contributed by atoms with Crippen LogP contribution in [0.5, 0.6) is 0 Å². The molecule has 0 aromatic rings. The molecule has 6 unspecified atom stereocenters. The lowest BCUT2D eigenvalue weighted by Gasteiger charge is -2.21. The molecule has 0 aromatic carbocycles. The van der Waals surface area contributed by atoms with Crippen molar-refractivity contribution < 1.29 is 19.8 Å². The van der Waals surface area contributed by atoms with Crippen molar-refractivity contribution in [2.75, 3.05) is 6.61 Å². The van der Waals surface area contributed by atoms with Crippen molar-refractivity contribution in [3.63, 3.8) is 0 Å². The molecule has 6 heteroatoms. The fourth-order valence-electron chi connectivity index (χ4n) is 2.28. The molecule has 2 amide bonds. The van der Waals surface area contributed by atoms with E-state index in [-0.39, 0.29) is 54.1 Å². The van der Waals surface area contributed by atoms with E-state index >= 15 is 0 Å². The van der Waals surface area contributed by atoms with Gasteiger partial charge >= 0.3 is 0 Å². The molecular formula is C18H38N2O4. The number of hydrogen-bond acceptors (Lipinski definition) is 4. The van der Waals surface area contributed by atoms with Crippen LogP contribution in [-0.4, -0.2) is 34.7 Å². The lowest BCUT2D eigenvalue weighted by Crippen LogP contribution is -2.30. The molecule has 0 rings (SSSR count). The summed E-state index contributed by atoms with van der Waals surface area (Å²) in [7, 11) is 0. The van der Waals surface area contributed by atoms with Gasteiger partial charge in [-0.3, -0.25) is 9.59 Å². The van der Waals surface area contributed by atoms with Crippen molar-refractivity contribution >= 4 is 11.8 Å². The smallest absolute Gasteiger partial charge is 0.220 e. The zero-order chi connectivity index (χ0) is 19.4. The van der Waals surface area contributed by atoms with Gasteiger partial charge in [0.05, 0.1) is 6.10 Å². The van der Waals surface area contributed by atoms with Crippen LogP contribution >= 0.6 is 0 Å². The normalized spacial score (nSPS) is 18.3. The van der Waals surface area contributed by atoms with Gasteiger partial charge in [0.15, 0.2) is 0 Å². The third-order valence-electron chi connectivity index (χ3n) is 4.99. The van der Waals surface area contributed by atoms with Crippen molar-refractivity contribution in [1.29, 1.82) is 0 Å². The molecule has 0 bridgehead atoms. The summed E-state index contributed by atoms with van der Waals surface area (Å²) in [6, 6.07) is 0. The van der Waals surface area contributed by atoms with Gasteiger partial charge in [0.1, 0.15) is 0 Å². The van der Waals surface area contributed by atoms with Crippen molar-refractivity contribution in [2.45, 2.75) is 66.9 Å². The number of rotatable bonds is 10. The van der Waals surface area contributed by atoms with E-state index in [1.807, 2.05) is 34.6 Å². The summed E-state index contributed by atoms with van der Waals surface area (Å²) in [4.78, 5) is 21.5. The molecule has 144 valence electrons. The van der Waals surface area contributed by atoms with Crippen molar-refractivity contribution in [1.82, 2.24) is 0 Å². The van der Waals surface area contributed by atoms with Crippen LogP contribution in [-0.2, 0) is 9.59 Å². The maximum Gasteiger partial charge on any atom is 0.220 e. The molecule has 6 atom stereocenters. The summed E-state index contributed by atoms with van der Waals surface area (Å²) in [6.45, 7) is 11.5. The molecule has 24 heavy (non-hydrogen) atoms. The standard InChI is InChI=1S/C10H21NO2.C8H17NO2/c1-4-5-9(12)6-7(2)8(3)10(11)13;1-5(4-10)6(2)7(3)8(9)11/h7-9,12H,4-6H2,1-3H3,(H2,11,13);5-7,10H,4H2,1-3H3,(H2,9,11). The number of carbonyl (C=O) groups excluding carboxylic acids is 2. The third-order valence-corrected chi connectivity index (χ3v) is 4.99. The van der Waals surface area contributed by atoms with E-state index in [4.69, 9.17) is 16.6 Å². The first-order chi connectivity index (χ1) is 11.0. The minimum Gasteiger partial charge on any atom is -0.396 e. The first kappa shape index (κ1) is 25.1. The van der Waals surface area contributed by atoms with E-state index in [1.54, 1.807) is 6.92 Å². The average Bonchev–Trinajstić information content (AvgIpc) is 2.52. The summed E-state index contributed by atoms with van der Waals surface area (Å²) in [6.07, 6.45) is 2.15. The van der Waals surface area contributed by atoms with Crippen LogP contribution in [0.2, 0.25) is 0 Å². The maximum absolute atomic E-state index is 10.8. The fraction of sp³-hybridized carbons (Fsp3) is 0.889. The second-order valence-corrected chi connectivity index (χ2v) is 7.06. The van der Waals surface area contributed by atoms with Crippen LogP contribution in [0.25, 0.3) is 0 Å². The largest absolute Gasteiger partial charge is 0.396 e. The Morgan fingerprint density at radius 2 is 1.38 bits per heavy atom. The summed E-state index contributed by atoms with van der Waals surface area (Å²) in [5.74, 6) is -0.424. The zero-order valence-electron chi connectivity index (χ0n) is 16.2. The van der Waals surface area contributed by atoms with Crippen LogP contribution in [0.15, 0.2) is 0 Å². The molecule has 6 N–H and O–H groups in total. The molecular weight excluding hydrogens is 308 g/mol. The van der Waals surface area contributed by atoms with E-state index in [0.29, 0.717) is 6.42 Å². The summed E-state index contributed by atoms with van der Waals surface area (Å²) >= 11 is 0. The molecule has 0 saturated carbocycles. The van der Waals surface area contributed by atoms with E-state index in [0.717, 1.165) is 12.8 Å². The Balaban J connectivity index is 0. The maximum atomic E-state index is 10.8. The fourth-order valence-corrected chi connectivity index (χ4v) is 2.28. The first-order valence-corrected chi connectivity index (χ1v) is 8.86. The van der Waals surface area contributed by atoms with Gasteiger partial charge in [-0.1, -0.05) is 48.0 Å². The van der Waals surface area contributed by atoms with Gasteiger partial charge in [-0.15, -0.1) is 0 Å². The number of aliphatic hydroxyl groups excluding tert-OH is 2. The van der Waals surface area contributed by atoms with Gasteiger partial charge < -0.3 is 21.7 Å². The predicted octanol–water partition coefficient (Wildman–Crippen LogP) is 1.67. The van der Waals surface area contributed by atoms with Crippen molar-refractivity contribution in [3.8, 4) is 0 Å². The Bertz CT molecular complexity index is 363. The highest BCUT2D eigenvalue weighted by Gasteiger charge is 2.22. The van der Waals surface area contributed by atoms with Crippen molar-refractivity contribution in [3.05, 3.63) is 0 Å². The number of hydrogen-bond donors (Lipinski definition) is 4. The highest BCUT2D eigenvalue weighted by molar-refractivity contribution is 5.76. The van der Waals surface area contributed by atoms with Gasteiger partial charge in [0.25, 0.3) is 0 Å². The Morgan fingerprint density at radius 3 is 1.71 bits per heavy atom. The monoisotopic (exact) mass is 346 g/mol. The third kappa shape index (κ3) is 10.6. The molecule has 0 saturated heterocycles. The second kappa shape index (κ2) is 13.2. The average molecular weight is 347 g/mol. The van der Waals surface area contributed by atoms with E-state index in [9.17, 15) is 14.7 Å². The lowest BCUT2D eigenvalue weighted by molar-refractivity contribution is -0.124. The van der Waals surface area contributed by atoms with Crippen LogP contribution in [0.3, 0.4) is 0 Å². The van der Waals surface area contributed by atoms with E-state index < -0.39 is 0 Å². The molecule has 0 aliphatic carbocycles. The second-order valence-electron chi connectivity index (χ2n) is 7.06. The molecule has 0 aliphatic heterocycles. The van der Waals surface area contributed by atoms with Crippen LogP contribution in [0.1, 0.15) is 60.8 Å². The zero-order valence-corrected chi connectivity index (χ0v) is 16.2. The highest BCUT2D eigenvalue weighted by Crippen LogP contribution is 2.19. The van der Waals surface area contributed by atoms with Gasteiger partial charge in [-0.2, -0.15) is 0 Å². The number of amides is 2. The number of primary amides is 2. The Hall–Kier alpha value is -1.14. The minimum atomic E-state index is -0.294. The number of aliphatic hydroxyl groups is 2. The van der Waals surface area contributed by atoms with Crippen LogP contribution in [0.4, 0.5) is 0 Å². The quantitative estimate of drug-likeness (QED) is 0.480. The topological polar surface area (TPSA) is 127 Å². The summed E-state index contributed by atoms with van der Waals surface area (Å²) < 4.78 is 0. The van der Waals surface area contributed by atoms with Crippen LogP contribution < -0.4 is 11.5 Å². The van der Waals surface area contributed by atoms with Gasteiger partial charge in [-0.25, -0.2) is 0 Å². The molecule has 6 nitrogen and oxygen atoms in total. The molecule has 0 aliphatic rings. The molecule has 0 fully saturated rings. The first-order valence-electron chi connectivity index (χ1n) is 8.86. The SMILES string of the molecule is CC(CO)C(C)C(C)C(N)=O.CCCC(O)CC(C)C(C)C(N)=O. The summed E-state index contributed by atoms with van der Waals surface area (Å²) in [5, 5.41) is 18.3. The van der Waals surface area contributed by atoms with Crippen LogP contribution in [0, 0.1) is 29.6 Å². The molecule has 0 spiro atoms. The van der Waals surface area contributed by atoms with Gasteiger partial charge in [-0.05, 0) is 30.6 Å². The predicted molar refractivity (Wildman–Crippen MR) is 96.8 cm³/mol. The lowest BCUT2D eigenvalue weighted by atomic mass is 9.85. The Kier molecular flexibility index (Phi) is 13.8. The van der Waals surface area contributed by atoms with Gasteiger partial charge in [0.2, 0.25) is 11.8 Å². The number of nitrogens with two attached hydrogens (primary N) is 2. The Morgan fingerprint density at radius 1 is 0.917 bits per heavy atom. The van der Waals surface area contributed by atoms with Gasteiger partial charge in [0, 0.05) is 18.4 Å². The minimum absolute atomic E-state index is 0.110. The van der Waals surface area contributed by atoms with E-state index in [2.05, 4.69) is 0 Å². The Labute approximate surface area is 147 Å².